The minimum Gasteiger partial charge on any atom is -0.493 e. The fourth-order valence-corrected chi connectivity index (χ4v) is 2.44. The molecule has 0 saturated carbocycles. The summed E-state index contributed by atoms with van der Waals surface area (Å²) in [4.78, 5) is 11.7. The van der Waals surface area contributed by atoms with Crippen LogP contribution in [0, 0.1) is 0 Å². The summed E-state index contributed by atoms with van der Waals surface area (Å²) in [5.41, 5.74) is 0.306. The van der Waals surface area contributed by atoms with Crippen LogP contribution in [0.1, 0.15) is 25.2 Å². The van der Waals surface area contributed by atoms with Crippen LogP contribution >= 0.6 is 0 Å². The molecular formula is C21H26O7. The monoisotopic (exact) mass is 390 g/mol. The van der Waals surface area contributed by atoms with Gasteiger partial charge in [-0.3, -0.25) is 0 Å². The van der Waals surface area contributed by atoms with E-state index >= 15 is 0 Å². The van der Waals surface area contributed by atoms with Crippen molar-refractivity contribution in [3.63, 3.8) is 0 Å². The molecule has 0 aliphatic rings. The Morgan fingerprint density at radius 3 is 2.21 bits per heavy atom. The van der Waals surface area contributed by atoms with Crippen molar-refractivity contribution >= 4 is 12.2 Å². The predicted octanol–water partition coefficient (Wildman–Crippen LogP) is 3.64. The van der Waals surface area contributed by atoms with Crippen molar-refractivity contribution in [2.75, 3.05) is 34.5 Å². The molecule has 0 amide bonds. The van der Waals surface area contributed by atoms with Crippen molar-refractivity contribution < 1.29 is 28.1 Å². The molecule has 0 atom stereocenters. The normalized spacial score (nSPS) is 11.1. The van der Waals surface area contributed by atoms with Crippen molar-refractivity contribution in [1.29, 1.82) is 0 Å². The highest BCUT2D eigenvalue weighted by Gasteiger charge is 2.13. The maximum Gasteiger partial charge on any atom is 0.339 e. The van der Waals surface area contributed by atoms with E-state index in [0.29, 0.717) is 42.0 Å². The van der Waals surface area contributed by atoms with E-state index < -0.39 is 5.63 Å². The van der Waals surface area contributed by atoms with Gasteiger partial charge in [0.05, 0.1) is 33.0 Å². The van der Waals surface area contributed by atoms with Gasteiger partial charge >= 0.3 is 5.63 Å². The van der Waals surface area contributed by atoms with Crippen LogP contribution in [0.4, 0.5) is 0 Å². The van der Waals surface area contributed by atoms with Crippen LogP contribution in [0.25, 0.3) is 12.2 Å². The smallest absolute Gasteiger partial charge is 0.339 e. The van der Waals surface area contributed by atoms with Gasteiger partial charge in [0.15, 0.2) is 11.5 Å². The molecule has 2 rings (SSSR count). The topological polar surface area (TPSA) is 76.4 Å². The molecule has 0 bridgehead atoms. The van der Waals surface area contributed by atoms with Crippen LogP contribution < -0.4 is 24.6 Å². The molecule has 28 heavy (non-hydrogen) atoms. The number of ether oxygens (including phenoxy) is 5. The third kappa shape index (κ3) is 6.06. The molecule has 7 nitrogen and oxygen atoms in total. The summed E-state index contributed by atoms with van der Waals surface area (Å²) < 4.78 is 32.3. The summed E-state index contributed by atoms with van der Waals surface area (Å²) in [7, 11) is 4.71. The first kappa shape index (κ1) is 21.4. The molecule has 0 radical (unpaired) electrons. The van der Waals surface area contributed by atoms with Gasteiger partial charge in [-0.05, 0) is 37.6 Å². The van der Waals surface area contributed by atoms with Crippen LogP contribution in [0.3, 0.4) is 0 Å². The van der Waals surface area contributed by atoms with Gasteiger partial charge in [0.1, 0.15) is 18.1 Å². The molecule has 0 fully saturated rings. The fraction of sp³-hybridized carbons (Fsp3) is 0.381. The third-order valence-corrected chi connectivity index (χ3v) is 3.59. The molecule has 0 unspecified atom stereocenters. The van der Waals surface area contributed by atoms with Crippen molar-refractivity contribution in [1.82, 2.24) is 0 Å². The summed E-state index contributed by atoms with van der Waals surface area (Å²) in [6.45, 7) is 4.59. The van der Waals surface area contributed by atoms with Crippen molar-refractivity contribution in [3.8, 4) is 23.0 Å². The van der Waals surface area contributed by atoms with E-state index in [1.54, 1.807) is 51.7 Å². The summed E-state index contributed by atoms with van der Waals surface area (Å²) in [6.07, 6.45) is 3.41. The Morgan fingerprint density at radius 1 is 0.964 bits per heavy atom. The van der Waals surface area contributed by atoms with Crippen molar-refractivity contribution in [3.05, 3.63) is 46.0 Å². The number of benzene rings is 1. The minimum absolute atomic E-state index is 0.0437. The number of hydrogen-bond donors (Lipinski definition) is 0. The number of methoxy groups -OCH3 is 3. The Balaban J connectivity index is 2.30. The van der Waals surface area contributed by atoms with E-state index in [0.717, 1.165) is 5.56 Å². The van der Waals surface area contributed by atoms with Crippen LogP contribution in [-0.4, -0.2) is 40.6 Å². The zero-order chi connectivity index (χ0) is 20.5. The lowest BCUT2D eigenvalue weighted by Gasteiger charge is -2.15. The fourth-order valence-electron chi connectivity index (χ4n) is 2.44. The number of hydrogen-bond acceptors (Lipinski definition) is 7. The van der Waals surface area contributed by atoms with E-state index in [2.05, 4.69) is 0 Å². The molecule has 7 heteroatoms. The van der Waals surface area contributed by atoms with Crippen molar-refractivity contribution in [2.45, 2.75) is 20.0 Å². The van der Waals surface area contributed by atoms with Crippen LogP contribution in [0.2, 0.25) is 0 Å². The predicted molar refractivity (Wildman–Crippen MR) is 107 cm³/mol. The molecule has 0 N–H and O–H groups in total. The van der Waals surface area contributed by atoms with E-state index in [-0.39, 0.29) is 6.10 Å². The standard InChI is InChI=1S/C21H26O7/c1-14(2)27-17-12-16(28-20(22)13-17)7-6-15-10-18(24-4)21(19(11-15)25-5)26-9-8-23-3/h6-7,10-14H,8-9H2,1-5H3. The molecule has 2 aromatic rings. The Kier molecular flexibility index (Phi) is 7.95. The molecule has 1 aromatic heterocycles. The lowest BCUT2D eigenvalue weighted by Crippen LogP contribution is -2.08. The first-order chi connectivity index (χ1) is 13.5. The summed E-state index contributed by atoms with van der Waals surface area (Å²) in [6, 6.07) is 6.58. The zero-order valence-corrected chi connectivity index (χ0v) is 16.8. The Bertz CT molecular complexity index is 827. The third-order valence-electron chi connectivity index (χ3n) is 3.59. The SMILES string of the molecule is COCCOc1c(OC)cc(C=Cc2cc(OC(C)C)cc(=O)o2)cc1OC. The van der Waals surface area contributed by atoms with E-state index in [9.17, 15) is 4.79 Å². The van der Waals surface area contributed by atoms with Gasteiger partial charge in [-0.2, -0.15) is 0 Å². The molecule has 0 spiro atoms. The van der Waals surface area contributed by atoms with Gasteiger partial charge in [0.2, 0.25) is 5.75 Å². The Hall–Kier alpha value is -2.93. The van der Waals surface area contributed by atoms with Gasteiger partial charge in [-0.15, -0.1) is 0 Å². The van der Waals surface area contributed by atoms with Gasteiger partial charge < -0.3 is 28.1 Å². The maximum atomic E-state index is 11.7. The Labute approximate surface area is 164 Å². The lowest BCUT2D eigenvalue weighted by atomic mass is 10.1. The van der Waals surface area contributed by atoms with Gasteiger partial charge in [0, 0.05) is 13.2 Å². The van der Waals surface area contributed by atoms with Crippen molar-refractivity contribution in [2.24, 2.45) is 0 Å². The van der Waals surface area contributed by atoms with Crippen LogP contribution in [-0.2, 0) is 4.74 Å². The van der Waals surface area contributed by atoms with Gasteiger partial charge in [-0.1, -0.05) is 6.08 Å². The minimum atomic E-state index is -0.477. The highest BCUT2D eigenvalue weighted by atomic mass is 16.6. The molecule has 0 aliphatic heterocycles. The van der Waals surface area contributed by atoms with E-state index in [1.165, 1.54) is 6.07 Å². The van der Waals surface area contributed by atoms with Gasteiger partial charge in [0.25, 0.3) is 0 Å². The average molecular weight is 390 g/mol. The molecule has 0 saturated heterocycles. The second-order valence-electron chi connectivity index (χ2n) is 6.11. The van der Waals surface area contributed by atoms with E-state index in [1.807, 2.05) is 13.8 Å². The number of rotatable bonds is 10. The van der Waals surface area contributed by atoms with Gasteiger partial charge in [-0.25, -0.2) is 4.79 Å². The second-order valence-corrected chi connectivity index (χ2v) is 6.11. The highest BCUT2D eigenvalue weighted by molar-refractivity contribution is 5.71. The highest BCUT2D eigenvalue weighted by Crippen LogP contribution is 2.39. The van der Waals surface area contributed by atoms with Crippen LogP contribution in [0.5, 0.6) is 23.0 Å². The Morgan fingerprint density at radius 2 is 1.64 bits per heavy atom. The summed E-state index contributed by atoms with van der Waals surface area (Å²) >= 11 is 0. The van der Waals surface area contributed by atoms with Crippen LogP contribution in [0.15, 0.2) is 33.5 Å². The summed E-state index contributed by atoms with van der Waals surface area (Å²) in [5, 5.41) is 0. The molecule has 152 valence electrons. The summed E-state index contributed by atoms with van der Waals surface area (Å²) in [5.74, 6) is 2.38. The van der Waals surface area contributed by atoms with E-state index in [4.69, 9.17) is 28.1 Å². The molecule has 1 aromatic carbocycles. The maximum absolute atomic E-state index is 11.7. The quantitative estimate of drug-likeness (QED) is 0.573. The lowest BCUT2D eigenvalue weighted by molar-refractivity contribution is 0.142. The second kappa shape index (κ2) is 10.4. The largest absolute Gasteiger partial charge is 0.493 e. The first-order valence-corrected chi connectivity index (χ1v) is 8.84. The average Bonchev–Trinajstić information content (AvgIpc) is 2.65. The molecule has 0 aliphatic carbocycles. The molecule has 1 heterocycles. The first-order valence-electron chi connectivity index (χ1n) is 8.84. The molecular weight excluding hydrogens is 364 g/mol. The zero-order valence-electron chi connectivity index (χ0n) is 16.8.